The van der Waals surface area contributed by atoms with Gasteiger partial charge < -0.3 is 10.3 Å². The summed E-state index contributed by atoms with van der Waals surface area (Å²) in [5.41, 5.74) is 7.42. The summed E-state index contributed by atoms with van der Waals surface area (Å²) in [6, 6.07) is 3.39. The average Bonchev–Trinajstić information content (AvgIpc) is 2.87. The number of nitrogens with one attached hydrogen (secondary N) is 1. The normalized spacial score (nSPS) is 11.7. The third-order valence-corrected chi connectivity index (χ3v) is 4.70. The molecule has 7 nitrogen and oxygen atoms in total. The second kappa shape index (κ2) is 5.59. The summed E-state index contributed by atoms with van der Waals surface area (Å²) < 4.78 is 32.0. The van der Waals surface area contributed by atoms with Gasteiger partial charge in [0.05, 0.1) is 4.90 Å². The monoisotopic (exact) mass is 296 g/mol. The Balaban J connectivity index is 2.16. The fourth-order valence-electron chi connectivity index (χ4n) is 1.93. The number of aromatic nitrogens is 2. The van der Waals surface area contributed by atoms with E-state index in [2.05, 4.69) is 14.9 Å². The maximum absolute atomic E-state index is 12.3. The highest BCUT2D eigenvalue weighted by atomic mass is 32.2. The number of anilines is 1. The predicted molar refractivity (Wildman–Crippen MR) is 73.5 cm³/mol. The van der Waals surface area contributed by atoms with E-state index < -0.39 is 10.0 Å². The molecule has 0 aliphatic heterocycles. The third-order valence-electron chi connectivity index (χ3n) is 2.95. The highest BCUT2D eigenvalue weighted by molar-refractivity contribution is 7.89. The standard InChI is InChI=1S/C12H16N4O3S/c1-8-3-4-10(13)9(2)12(8)20(17,18)16-6-5-11-14-7-15-19-11/h3-4,7,16H,5-6,13H2,1-2H3. The molecule has 3 N–H and O–H groups in total. The lowest BCUT2D eigenvalue weighted by Gasteiger charge is -2.13. The summed E-state index contributed by atoms with van der Waals surface area (Å²) >= 11 is 0. The first-order valence-electron chi connectivity index (χ1n) is 6.02. The number of aryl methyl sites for hydroxylation is 1. The van der Waals surface area contributed by atoms with Crippen LogP contribution >= 0.6 is 0 Å². The van der Waals surface area contributed by atoms with Crippen molar-refractivity contribution in [1.29, 1.82) is 0 Å². The van der Waals surface area contributed by atoms with Gasteiger partial charge in [0, 0.05) is 18.7 Å². The molecule has 1 aromatic carbocycles. The van der Waals surface area contributed by atoms with E-state index in [1.54, 1.807) is 26.0 Å². The number of nitrogen functional groups attached to an aromatic ring is 1. The molecular formula is C12H16N4O3S. The molecule has 1 aromatic heterocycles. The van der Waals surface area contributed by atoms with Gasteiger partial charge in [-0.05, 0) is 31.0 Å². The van der Waals surface area contributed by atoms with Gasteiger partial charge in [-0.1, -0.05) is 11.2 Å². The molecule has 0 fully saturated rings. The third kappa shape index (κ3) is 2.97. The van der Waals surface area contributed by atoms with Gasteiger partial charge in [0.25, 0.3) is 0 Å². The fourth-order valence-corrected chi connectivity index (χ4v) is 3.45. The summed E-state index contributed by atoms with van der Waals surface area (Å²) in [6.07, 6.45) is 1.61. The predicted octanol–water partition coefficient (Wildman–Crippen LogP) is 0.790. The smallest absolute Gasteiger partial charge is 0.241 e. The van der Waals surface area contributed by atoms with E-state index in [4.69, 9.17) is 10.3 Å². The van der Waals surface area contributed by atoms with Gasteiger partial charge in [-0.3, -0.25) is 0 Å². The zero-order chi connectivity index (χ0) is 14.8. The van der Waals surface area contributed by atoms with Crippen LogP contribution < -0.4 is 10.5 Å². The lowest BCUT2D eigenvalue weighted by molar-refractivity contribution is 0.377. The van der Waals surface area contributed by atoms with Crippen LogP contribution in [0.3, 0.4) is 0 Å². The lowest BCUT2D eigenvalue weighted by atomic mass is 10.1. The molecule has 1 heterocycles. The molecule has 0 amide bonds. The Bertz CT molecular complexity index is 696. The van der Waals surface area contributed by atoms with E-state index in [0.717, 1.165) is 0 Å². The Morgan fingerprint density at radius 3 is 2.75 bits per heavy atom. The zero-order valence-corrected chi connectivity index (χ0v) is 12.1. The van der Waals surface area contributed by atoms with Crippen molar-refractivity contribution in [2.45, 2.75) is 25.2 Å². The molecule has 2 aromatic rings. The average molecular weight is 296 g/mol. The number of rotatable bonds is 5. The van der Waals surface area contributed by atoms with E-state index in [1.807, 2.05) is 0 Å². The first kappa shape index (κ1) is 14.5. The molecular weight excluding hydrogens is 280 g/mol. The van der Waals surface area contributed by atoms with Gasteiger partial charge in [-0.25, -0.2) is 13.1 Å². The van der Waals surface area contributed by atoms with Gasteiger partial charge in [-0.15, -0.1) is 0 Å². The Morgan fingerprint density at radius 1 is 1.35 bits per heavy atom. The fraction of sp³-hybridized carbons (Fsp3) is 0.333. The SMILES string of the molecule is Cc1ccc(N)c(C)c1S(=O)(=O)NCCc1ncno1. The first-order valence-corrected chi connectivity index (χ1v) is 7.51. The molecule has 0 saturated heterocycles. The molecule has 0 atom stereocenters. The molecule has 0 aliphatic carbocycles. The number of nitrogens with zero attached hydrogens (tertiary/aromatic N) is 2. The van der Waals surface area contributed by atoms with Crippen molar-refractivity contribution in [3.05, 3.63) is 35.5 Å². The van der Waals surface area contributed by atoms with Crippen LogP contribution in [0, 0.1) is 13.8 Å². The van der Waals surface area contributed by atoms with Crippen molar-refractivity contribution in [3.8, 4) is 0 Å². The molecule has 108 valence electrons. The van der Waals surface area contributed by atoms with Crippen molar-refractivity contribution < 1.29 is 12.9 Å². The molecule has 0 spiro atoms. The number of hydrogen-bond donors (Lipinski definition) is 2. The van der Waals surface area contributed by atoms with E-state index in [0.29, 0.717) is 29.1 Å². The number of hydrogen-bond acceptors (Lipinski definition) is 6. The van der Waals surface area contributed by atoms with Gasteiger partial charge >= 0.3 is 0 Å². The summed E-state index contributed by atoms with van der Waals surface area (Å²) in [4.78, 5) is 4.05. The zero-order valence-electron chi connectivity index (χ0n) is 11.3. The van der Waals surface area contributed by atoms with Crippen molar-refractivity contribution in [1.82, 2.24) is 14.9 Å². The summed E-state index contributed by atoms with van der Waals surface area (Å²) in [7, 11) is -3.62. The summed E-state index contributed by atoms with van der Waals surface area (Å²) in [5, 5.41) is 3.46. The molecule has 0 bridgehead atoms. The van der Waals surface area contributed by atoms with Crippen LogP contribution in [0.25, 0.3) is 0 Å². The summed E-state index contributed by atoms with van der Waals surface area (Å²) in [5.74, 6) is 0.383. The summed E-state index contributed by atoms with van der Waals surface area (Å²) in [6.45, 7) is 3.60. The van der Waals surface area contributed by atoms with Crippen LogP contribution in [0.1, 0.15) is 17.0 Å². The van der Waals surface area contributed by atoms with Crippen LogP contribution in [0.15, 0.2) is 27.9 Å². The van der Waals surface area contributed by atoms with Crippen LogP contribution in [0.2, 0.25) is 0 Å². The molecule has 2 rings (SSSR count). The minimum absolute atomic E-state index is 0.179. The lowest BCUT2D eigenvalue weighted by Crippen LogP contribution is -2.27. The topological polar surface area (TPSA) is 111 Å². The number of benzene rings is 1. The first-order chi connectivity index (χ1) is 9.42. The van der Waals surface area contributed by atoms with Crippen molar-refractivity contribution >= 4 is 15.7 Å². The van der Waals surface area contributed by atoms with E-state index >= 15 is 0 Å². The van der Waals surface area contributed by atoms with Crippen LogP contribution in [-0.4, -0.2) is 25.1 Å². The van der Waals surface area contributed by atoms with Crippen LogP contribution in [0.5, 0.6) is 0 Å². The minimum atomic E-state index is -3.62. The van der Waals surface area contributed by atoms with Crippen molar-refractivity contribution in [2.75, 3.05) is 12.3 Å². The molecule has 0 unspecified atom stereocenters. The maximum Gasteiger partial charge on any atom is 0.241 e. The van der Waals surface area contributed by atoms with Gasteiger partial charge in [-0.2, -0.15) is 4.98 Å². The minimum Gasteiger partial charge on any atom is -0.398 e. The Morgan fingerprint density at radius 2 is 2.10 bits per heavy atom. The molecule has 0 saturated carbocycles. The molecule has 8 heteroatoms. The molecule has 0 aliphatic rings. The molecule has 20 heavy (non-hydrogen) atoms. The van der Waals surface area contributed by atoms with Crippen LogP contribution in [-0.2, 0) is 16.4 Å². The maximum atomic E-state index is 12.3. The Kier molecular flexibility index (Phi) is 4.05. The largest absolute Gasteiger partial charge is 0.398 e. The van der Waals surface area contributed by atoms with E-state index in [9.17, 15) is 8.42 Å². The number of sulfonamides is 1. The second-order valence-electron chi connectivity index (χ2n) is 4.41. The van der Waals surface area contributed by atoms with Crippen molar-refractivity contribution in [2.24, 2.45) is 0 Å². The highest BCUT2D eigenvalue weighted by Crippen LogP contribution is 2.24. The van der Waals surface area contributed by atoms with E-state index in [1.165, 1.54) is 6.33 Å². The van der Waals surface area contributed by atoms with Crippen LogP contribution in [0.4, 0.5) is 5.69 Å². The quantitative estimate of drug-likeness (QED) is 0.789. The number of nitrogens with two attached hydrogens (primary N) is 1. The second-order valence-corrected chi connectivity index (χ2v) is 6.11. The molecule has 0 radical (unpaired) electrons. The van der Waals surface area contributed by atoms with Crippen molar-refractivity contribution in [3.63, 3.8) is 0 Å². The van der Waals surface area contributed by atoms with Gasteiger partial charge in [0.15, 0.2) is 6.33 Å². The Labute approximate surface area is 117 Å². The highest BCUT2D eigenvalue weighted by Gasteiger charge is 2.20. The van der Waals surface area contributed by atoms with Gasteiger partial charge in [0.2, 0.25) is 15.9 Å². The van der Waals surface area contributed by atoms with Gasteiger partial charge in [0.1, 0.15) is 0 Å². The Hall–Kier alpha value is -1.93. The van der Waals surface area contributed by atoms with E-state index in [-0.39, 0.29) is 11.4 Å².